The highest BCUT2D eigenvalue weighted by Gasteiger charge is 2.22. The fraction of sp³-hybridized carbons (Fsp3) is 0.304. The summed E-state index contributed by atoms with van der Waals surface area (Å²) in [7, 11) is 0. The van der Waals surface area contributed by atoms with Crippen LogP contribution < -0.4 is 19.9 Å². The maximum Gasteiger partial charge on any atom is 0.273 e. The van der Waals surface area contributed by atoms with Crippen LogP contribution in [0.1, 0.15) is 12.1 Å². The molecule has 1 aromatic heterocycles. The van der Waals surface area contributed by atoms with Crippen LogP contribution in [-0.2, 0) is 11.2 Å². The normalized spacial score (nSPS) is 15.1. The van der Waals surface area contributed by atoms with Crippen molar-refractivity contribution in [3.8, 4) is 22.9 Å². The Morgan fingerprint density at radius 1 is 0.969 bits per heavy atom. The molecule has 2 aliphatic heterocycles. The fourth-order valence-electron chi connectivity index (χ4n) is 3.93. The summed E-state index contributed by atoms with van der Waals surface area (Å²) >= 11 is 0. The van der Waals surface area contributed by atoms with Gasteiger partial charge in [0.25, 0.3) is 5.56 Å². The van der Waals surface area contributed by atoms with Crippen molar-refractivity contribution >= 4 is 11.6 Å². The van der Waals surface area contributed by atoms with E-state index in [0.29, 0.717) is 36.0 Å². The van der Waals surface area contributed by atoms with Crippen LogP contribution in [0.15, 0.2) is 53.3 Å². The number of piperazine rings is 1. The first-order valence-electron chi connectivity index (χ1n) is 10.6. The third-order valence-electron chi connectivity index (χ3n) is 5.74. The van der Waals surface area contributed by atoms with Crippen LogP contribution in [0, 0.1) is 0 Å². The summed E-state index contributed by atoms with van der Waals surface area (Å²) in [5.74, 6) is 1.63. The minimum Gasteiger partial charge on any atom is -0.454 e. The number of benzene rings is 2. The van der Waals surface area contributed by atoms with Crippen LogP contribution in [0.4, 0.5) is 5.69 Å². The van der Waals surface area contributed by atoms with E-state index in [1.54, 1.807) is 18.2 Å². The summed E-state index contributed by atoms with van der Waals surface area (Å²) in [5, 5.41) is 8.21. The van der Waals surface area contributed by atoms with Gasteiger partial charge in [0, 0.05) is 50.3 Å². The molecule has 0 saturated carbocycles. The Hall–Kier alpha value is -3.88. The number of nitrogens with one attached hydrogen (secondary N) is 1. The Kier molecular flexibility index (Phi) is 5.45. The van der Waals surface area contributed by atoms with Crippen molar-refractivity contribution in [2.75, 3.05) is 37.9 Å². The molecule has 1 fully saturated rings. The van der Waals surface area contributed by atoms with Gasteiger partial charge in [-0.25, -0.2) is 0 Å². The largest absolute Gasteiger partial charge is 0.454 e. The molecule has 0 aliphatic carbocycles. The minimum absolute atomic E-state index is 0.0266. The second kappa shape index (κ2) is 8.70. The van der Waals surface area contributed by atoms with Gasteiger partial charge < -0.3 is 24.3 Å². The second-order valence-electron chi connectivity index (χ2n) is 7.72. The molecule has 0 bridgehead atoms. The maximum absolute atomic E-state index is 12.6. The Morgan fingerprint density at radius 2 is 1.75 bits per heavy atom. The summed E-state index contributed by atoms with van der Waals surface area (Å²) in [4.78, 5) is 32.0. The van der Waals surface area contributed by atoms with Gasteiger partial charge in [-0.2, -0.15) is 0 Å². The lowest BCUT2D eigenvalue weighted by molar-refractivity contribution is -0.131. The Labute approximate surface area is 184 Å². The number of rotatable bonds is 5. The quantitative estimate of drug-likeness (QED) is 0.655. The first kappa shape index (κ1) is 20.0. The monoisotopic (exact) mass is 433 g/mol. The van der Waals surface area contributed by atoms with Gasteiger partial charge in [-0.05, 0) is 30.3 Å². The van der Waals surface area contributed by atoms with Crippen molar-refractivity contribution in [3.63, 3.8) is 0 Å². The number of carbonyl (C=O) groups excluding carboxylic acids is 1. The van der Waals surface area contributed by atoms with Crippen LogP contribution >= 0.6 is 0 Å². The first-order valence-corrected chi connectivity index (χ1v) is 10.6. The predicted molar refractivity (Wildman–Crippen MR) is 118 cm³/mol. The van der Waals surface area contributed by atoms with Crippen LogP contribution in [0.2, 0.25) is 0 Å². The number of aromatic amines is 1. The van der Waals surface area contributed by atoms with Gasteiger partial charge in [-0.3, -0.25) is 9.59 Å². The van der Waals surface area contributed by atoms with E-state index >= 15 is 0 Å². The third-order valence-corrected chi connectivity index (χ3v) is 5.74. The standard InChI is InChI=1S/C23H23N5O4/c29-21(28-12-10-27(11-13-28)17-4-2-1-3-5-17)9-7-18-23(30)24-22(26-25-18)16-6-8-19-20(14-16)32-15-31-19/h1-6,8,14H,7,9-13,15H2,(H,24,26,30). The van der Waals surface area contributed by atoms with E-state index in [0.717, 1.165) is 13.1 Å². The zero-order chi connectivity index (χ0) is 21.9. The van der Waals surface area contributed by atoms with Crippen LogP contribution in [0.5, 0.6) is 11.5 Å². The van der Waals surface area contributed by atoms with Gasteiger partial charge in [-0.15, -0.1) is 10.2 Å². The molecular weight excluding hydrogens is 410 g/mol. The van der Waals surface area contributed by atoms with E-state index in [1.165, 1.54) is 5.69 Å². The number of aryl methyl sites for hydroxylation is 1. The topological polar surface area (TPSA) is 101 Å². The molecule has 3 heterocycles. The molecule has 0 atom stereocenters. The number of nitrogens with zero attached hydrogens (tertiary/aromatic N) is 4. The Morgan fingerprint density at radius 3 is 2.53 bits per heavy atom. The summed E-state index contributed by atoms with van der Waals surface area (Å²) < 4.78 is 10.7. The zero-order valence-electron chi connectivity index (χ0n) is 17.5. The van der Waals surface area contributed by atoms with Crippen LogP contribution in [0.25, 0.3) is 11.4 Å². The summed E-state index contributed by atoms with van der Waals surface area (Å²) in [6.45, 7) is 3.09. The molecule has 1 saturated heterocycles. The lowest BCUT2D eigenvalue weighted by Gasteiger charge is -2.36. The lowest BCUT2D eigenvalue weighted by atomic mass is 10.2. The van der Waals surface area contributed by atoms with Gasteiger partial charge in [0.1, 0.15) is 5.69 Å². The van der Waals surface area contributed by atoms with Crippen molar-refractivity contribution in [2.45, 2.75) is 12.8 Å². The molecule has 2 aliphatic rings. The van der Waals surface area contributed by atoms with Gasteiger partial charge in [0.05, 0.1) is 0 Å². The van der Waals surface area contributed by atoms with Crippen LogP contribution in [-0.4, -0.2) is 59.0 Å². The van der Waals surface area contributed by atoms with Crippen LogP contribution in [0.3, 0.4) is 0 Å². The molecule has 32 heavy (non-hydrogen) atoms. The molecule has 1 amide bonds. The number of hydrogen-bond acceptors (Lipinski definition) is 7. The molecule has 0 radical (unpaired) electrons. The average Bonchev–Trinajstić information content (AvgIpc) is 3.32. The highest BCUT2D eigenvalue weighted by atomic mass is 16.7. The minimum atomic E-state index is -0.339. The van der Waals surface area contributed by atoms with E-state index in [2.05, 4.69) is 32.2 Å². The van der Waals surface area contributed by atoms with Crippen molar-refractivity contribution in [1.29, 1.82) is 0 Å². The number of para-hydroxylation sites is 1. The lowest BCUT2D eigenvalue weighted by Crippen LogP contribution is -2.48. The number of carbonyl (C=O) groups is 1. The molecule has 0 unspecified atom stereocenters. The smallest absolute Gasteiger partial charge is 0.273 e. The van der Waals surface area contributed by atoms with Crippen molar-refractivity contribution in [1.82, 2.24) is 20.1 Å². The molecule has 2 aromatic carbocycles. The van der Waals surface area contributed by atoms with Gasteiger partial charge >= 0.3 is 0 Å². The van der Waals surface area contributed by atoms with E-state index in [4.69, 9.17) is 9.47 Å². The number of fused-ring (bicyclic) bond motifs is 1. The molecular formula is C23H23N5O4. The summed E-state index contributed by atoms with van der Waals surface area (Å²) in [5.41, 5.74) is 1.77. The van der Waals surface area contributed by atoms with Crippen molar-refractivity contribution in [3.05, 3.63) is 64.6 Å². The van der Waals surface area contributed by atoms with Gasteiger partial charge in [0.15, 0.2) is 17.3 Å². The zero-order valence-corrected chi connectivity index (χ0v) is 17.5. The van der Waals surface area contributed by atoms with E-state index in [9.17, 15) is 9.59 Å². The predicted octanol–water partition coefficient (Wildman–Crippen LogP) is 1.84. The number of ether oxygens (including phenoxy) is 2. The molecule has 1 N–H and O–H groups in total. The number of H-pyrrole nitrogens is 1. The highest BCUT2D eigenvalue weighted by Crippen LogP contribution is 2.34. The average molecular weight is 433 g/mol. The Balaban J connectivity index is 1.17. The first-order chi connectivity index (χ1) is 15.7. The van der Waals surface area contributed by atoms with E-state index in [-0.39, 0.29) is 36.8 Å². The molecule has 9 nitrogen and oxygen atoms in total. The maximum atomic E-state index is 12.6. The highest BCUT2D eigenvalue weighted by molar-refractivity contribution is 5.76. The van der Waals surface area contributed by atoms with E-state index in [1.807, 2.05) is 23.1 Å². The Bertz CT molecular complexity index is 1170. The summed E-state index contributed by atoms with van der Waals surface area (Å²) in [6.07, 6.45) is 0.480. The second-order valence-corrected chi connectivity index (χ2v) is 7.72. The number of amides is 1. The van der Waals surface area contributed by atoms with E-state index < -0.39 is 0 Å². The number of aromatic nitrogens is 3. The van der Waals surface area contributed by atoms with Gasteiger partial charge in [0.2, 0.25) is 12.7 Å². The van der Waals surface area contributed by atoms with Crippen molar-refractivity contribution < 1.29 is 14.3 Å². The third kappa shape index (κ3) is 4.14. The molecule has 0 spiro atoms. The SMILES string of the molecule is O=C(CCc1nnc(-c2ccc3c(c2)OCO3)[nH]c1=O)N1CCN(c2ccccc2)CC1. The summed E-state index contributed by atoms with van der Waals surface area (Å²) in [6, 6.07) is 15.5. The molecule has 164 valence electrons. The van der Waals surface area contributed by atoms with Gasteiger partial charge in [-0.1, -0.05) is 18.2 Å². The van der Waals surface area contributed by atoms with Crippen molar-refractivity contribution in [2.24, 2.45) is 0 Å². The molecule has 9 heteroatoms. The number of hydrogen-bond donors (Lipinski definition) is 1. The molecule has 5 rings (SSSR count). The number of anilines is 1. The molecule has 3 aromatic rings. The fourth-order valence-corrected chi connectivity index (χ4v) is 3.93.